The fourth-order valence-corrected chi connectivity index (χ4v) is 2.83. The van der Waals surface area contributed by atoms with Gasteiger partial charge < -0.3 is 9.84 Å². The second-order valence-corrected chi connectivity index (χ2v) is 5.61. The second-order valence-electron chi connectivity index (χ2n) is 4.70. The zero-order valence-corrected chi connectivity index (χ0v) is 12.4. The highest BCUT2D eigenvalue weighted by Gasteiger charge is 2.40. The lowest BCUT2D eigenvalue weighted by Gasteiger charge is -2.14. The van der Waals surface area contributed by atoms with Crippen molar-refractivity contribution in [2.24, 2.45) is 0 Å². The Labute approximate surface area is 131 Å². The first kappa shape index (κ1) is 14.6. The number of ether oxygens (including phenoxy) is 1. The number of ketones is 1. The summed E-state index contributed by atoms with van der Waals surface area (Å²) in [7, 11) is 0. The molecule has 3 rings (SSSR count). The molecule has 1 N–H and O–H groups in total. The summed E-state index contributed by atoms with van der Waals surface area (Å²) in [6.45, 7) is 0. The molecule has 1 heterocycles. The van der Waals surface area contributed by atoms with Crippen molar-refractivity contribution in [2.75, 3.05) is 0 Å². The Morgan fingerprint density at radius 2 is 1.82 bits per heavy atom. The highest BCUT2D eigenvalue weighted by atomic mass is 79.9. The summed E-state index contributed by atoms with van der Waals surface area (Å²) in [6, 6.07) is 2.62. The smallest absolute Gasteiger partial charge is 0.336 e. The molecule has 22 heavy (non-hydrogen) atoms. The van der Waals surface area contributed by atoms with E-state index >= 15 is 0 Å². The maximum atomic E-state index is 13.4. The van der Waals surface area contributed by atoms with Crippen molar-refractivity contribution in [1.82, 2.24) is 0 Å². The van der Waals surface area contributed by atoms with Crippen LogP contribution in [0.25, 0.3) is 0 Å². The molecule has 0 saturated heterocycles. The van der Waals surface area contributed by atoms with Crippen LogP contribution >= 0.6 is 15.9 Å². The molecular formula is C15H7BrF2O4. The molecular weight excluding hydrogens is 362 g/mol. The first-order chi connectivity index (χ1) is 10.4. The van der Waals surface area contributed by atoms with Crippen LogP contribution in [0.15, 0.2) is 51.7 Å². The van der Waals surface area contributed by atoms with Crippen LogP contribution in [0.4, 0.5) is 8.78 Å². The molecule has 112 valence electrons. The molecule has 0 fully saturated rings. The molecule has 0 saturated carbocycles. The predicted octanol–water partition coefficient (Wildman–Crippen LogP) is 3.16. The molecule has 1 aliphatic carbocycles. The van der Waals surface area contributed by atoms with Crippen molar-refractivity contribution in [3.63, 3.8) is 0 Å². The average molecular weight is 369 g/mol. The Bertz CT molecular complexity index is 788. The van der Waals surface area contributed by atoms with Gasteiger partial charge in [0, 0.05) is 22.2 Å². The fourth-order valence-electron chi connectivity index (χ4n) is 2.41. The van der Waals surface area contributed by atoms with Crippen LogP contribution in [0.5, 0.6) is 0 Å². The fraction of sp³-hybridized carbons (Fsp3) is 0.0667. The average Bonchev–Trinajstić information content (AvgIpc) is 2.77. The van der Waals surface area contributed by atoms with Crippen LogP contribution in [0, 0.1) is 11.6 Å². The van der Waals surface area contributed by atoms with E-state index in [0.717, 1.165) is 12.1 Å². The first-order valence-electron chi connectivity index (χ1n) is 6.10. The Morgan fingerprint density at radius 3 is 2.41 bits per heavy atom. The van der Waals surface area contributed by atoms with E-state index in [9.17, 15) is 23.5 Å². The minimum absolute atomic E-state index is 0.0124. The quantitative estimate of drug-likeness (QED) is 0.870. The molecule has 0 spiro atoms. The number of benzene rings is 1. The van der Waals surface area contributed by atoms with Gasteiger partial charge in [-0.25, -0.2) is 13.6 Å². The number of hydrogen-bond acceptors (Lipinski definition) is 3. The van der Waals surface area contributed by atoms with E-state index in [4.69, 9.17) is 4.74 Å². The number of allylic oxidation sites excluding steroid dienone is 4. The maximum absolute atomic E-state index is 13.4. The Hall–Kier alpha value is -2.28. The van der Waals surface area contributed by atoms with E-state index in [0.29, 0.717) is 10.5 Å². The van der Waals surface area contributed by atoms with Gasteiger partial charge in [-0.05, 0) is 18.2 Å². The van der Waals surface area contributed by atoms with Gasteiger partial charge in [-0.15, -0.1) is 0 Å². The summed E-state index contributed by atoms with van der Waals surface area (Å²) in [4.78, 5) is 23.5. The van der Waals surface area contributed by atoms with E-state index in [1.165, 1.54) is 12.2 Å². The summed E-state index contributed by atoms with van der Waals surface area (Å²) in [6.07, 6.45) is 1.40. The number of rotatable bonds is 2. The number of hydrogen-bond donors (Lipinski definition) is 1. The second kappa shape index (κ2) is 5.17. The minimum Gasteiger partial charge on any atom is -0.480 e. The molecule has 0 amide bonds. The van der Waals surface area contributed by atoms with Crippen molar-refractivity contribution < 1.29 is 28.2 Å². The normalized spacial score (nSPS) is 20.3. The summed E-state index contributed by atoms with van der Waals surface area (Å²) < 4.78 is 32.6. The summed E-state index contributed by atoms with van der Waals surface area (Å²) in [5, 5.41) is 9.37. The summed E-state index contributed by atoms with van der Waals surface area (Å²) >= 11 is 3.12. The van der Waals surface area contributed by atoms with Crippen molar-refractivity contribution in [3.05, 3.63) is 68.9 Å². The van der Waals surface area contributed by atoms with Crippen molar-refractivity contribution in [3.8, 4) is 0 Å². The molecule has 1 atom stereocenters. The molecule has 1 unspecified atom stereocenters. The van der Waals surface area contributed by atoms with Gasteiger partial charge in [-0.3, -0.25) is 4.79 Å². The number of halogens is 3. The maximum Gasteiger partial charge on any atom is 0.336 e. The molecule has 1 aromatic rings. The molecule has 2 aliphatic rings. The van der Waals surface area contributed by atoms with Crippen LogP contribution in [-0.4, -0.2) is 16.9 Å². The third kappa shape index (κ3) is 2.37. The molecule has 0 bridgehead atoms. The number of carboxylic acid groups (broad SMARTS) is 1. The summed E-state index contributed by atoms with van der Waals surface area (Å²) in [5.74, 6) is -3.58. The Balaban J connectivity index is 2.17. The van der Waals surface area contributed by atoms with E-state index < -0.39 is 29.5 Å². The van der Waals surface area contributed by atoms with Crippen molar-refractivity contribution in [2.45, 2.75) is 6.10 Å². The highest BCUT2D eigenvalue weighted by molar-refractivity contribution is 9.11. The molecule has 4 nitrogen and oxygen atoms in total. The molecule has 0 radical (unpaired) electrons. The monoisotopic (exact) mass is 368 g/mol. The van der Waals surface area contributed by atoms with Crippen molar-refractivity contribution in [1.29, 1.82) is 0 Å². The molecule has 1 aliphatic heterocycles. The van der Waals surface area contributed by atoms with Gasteiger partial charge in [0.2, 0.25) is 0 Å². The minimum atomic E-state index is -1.38. The third-order valence-corrected chi connectivity index (χ3v) is 3.68. The molecule has 0 aromatic heterocycles. The van der Waals surface area contributed by atoms with Crippen LogP contribution in [0.1, 0.15) is 11.7 Å². The summed E-state index contributed by atoms with van der Waals surface area (Å²) in [5.41, 5.74) is -0.454. The van der Waals surface area contributed by atoms with E-state index in [-0.39, 0.29) is 22.5 Å². The van der Waals surface area contributed by atoms with Gasteiger partial charge in [0.05, 0.1) is 11.1 Å². The van der Waals surface area contributed by atoms with Gasteiger partial charge >= 0.3 is 5.97 Å². The first-order valence-corrected chi connectivity index (χ1v) is 6.90. The number of carboxylic acids is 1. The van der Waals surface area contributed by atoms with Crippen LogP contribution in [-0.2, 0) is 14.3 Å². The van der Waals surface area contributed by atoms with Gasteiger partial charge in [-0.1, -0.05) is 15.9 Å². The lowest BCUT2D eigenvalue weighted by molar-refractivity contribution is -0.133. The van der Waals surface area contributed by atoms with Gasteiger partial charge in [0.15, 0.2) is 11.9 Å². The number of fused-ring (bicyclic) bond motifs is 1. The zero-order chi connectivity index (χ0) is 16.0. The SMILES string of the molecule is O=C(O)C1=C2C(=O)C=C(Br)C=C2OC1c1cc(F)cc(F)c1. The zero-order valence-electron chi connectivity index (χ0n) is 10.8. The Morgan fingerprint density at radius 1 is 1.18 bits per heavy atom. The van der Waals surface area contributed by atoms with E-state index in [1.807, 2.05) is 0 Å². The van der Waals surface area contributed by atoms with Crippen LogP contribution < -0.4 is 0 Å². The van der Waals surface area contributed by atoms with Gasteiger partial charge in [-0.2, -0.15) is 0 Å². The van der Waals surface area contributed by atoms with Gasteiger partial charge in [0.25, 0.3) is 0 Å². The lowest BCUT2D eigenvalue weighted by Crippen LogP contribution is -2.12. The Kier molecular flexibility index (Phi) is 3.44. The molecule has 1 aromatic carbocycles. The third-order valence-electron chi connectivity index (χ3n) is 3.23. The number of carbonyl (C=O) groups is 2. The van der Waals surface area contributed by atoms with Gasteiger partial charge in [0.1, 0.15) is 17.4 Å². The van der Waals surface area contributed by atoms with Crippen LogP contribution in [0.3, 0.4) is 0 Å². The molecule has 7 heteroatoms. The van der Waals surface area contributed by atoms with Crippen molar-refractivity contribution >= 4 is 27.7 Å². The predicted molar refractivity (Wildman–Crippen MR) is 74.9 cm³/mol. The number of aliphatic carboxylic acids is 1. The van der Waals surface area contributed by atoms with E-state index in [1.54, 1.807) is 0 Å². The standard InChI is InChI=1S/C15H7BrF2O4/c16-7-3-10(19)12-11(4-7)22-14(13(12)15(20)21)6-1-8(17)5-9(18)2-6/h1-5,14H,(H,20,21). The largest absolute Gasteiger partial charge is 0.480 e. The van der Waals surface area contributed by atoms with E-state index in [2.05, 4.69) is 15.9 Å². The number of carbonyl (C=O) groups excluding carboxylic acids is 1. The van der Waals surface area contributed by atoms with Crippen LogP contribution in [0.2, 0.25) is 0 Å². The lowest BCUT2D eigenvalue weighted by atomic mass is 9.94. The highest BCUT2D eigenvalue weighted by Crippen LogP contribution is 2.43. The topological polar surface area (TPSA) is 63.6 Å².